The summed E-state index contributed by atoms with van der Waals surface area (Å²) in [5, 5.41) is 10.1. The largest absolute Gasteiger partial charge is 0.480 e. The normalized spacial score (nSPS) is 14.3. The van der Waals surface area contributed by atoms with Gasteiger partial charge in [-0.2, -0.15) is 0 Å². The number of carbonyl (C=O) groups excluding carboxylic acids is 1. The van der Waals surface area contributed by atoms with Crippen molar-refractivity contribution in [2.45, 2.75) is 19.8 Å². The maximum absolute atomic E-state index is 12.7. The Bertz CT molecular complexity index is 703. The first-order valence-corrected chi connectivity index (χ1v) is 7.87. The lowest BCUT2D eigenvalue weighted by Gasteiger charge is -2.20. The maximum atomic E-state index is 12.7. The number of carbonyl (C=O) groups is 2. The Morgan fingerprint density at radius 3 is 2.67 bits per heavy atom. The van der Waals surface area contributed by atoms with Gasteiger partial charge in [-0.05, 0) is 42.7 Å². The van der Waals surface area contributed by atoms with Crippen molar-refractivity contribution in [2.75, 3.05) is 13.1 Å². The highest BCUT2D eigenvalue weighted by molar-refractivity contribution is 7.21. The number of rotatable bonds is 5. The number of aryl methyl sites for hydroxylation is 1. The first kappa shape index (κ1) is 14.1. The molecule has 0 aliphatic heterocycles. The van der Waals surface area contributed by atoms with Crippen LogP contribution in [0.15, 0.2) is 24.3 Å². The molecule has 1 heterocycles. The third-order valence-electron chi connectivity index (χ3n) is 3.83. The van der Waals surface area contributed by atoms with Crippen LogP contribution in [0.4, 0.5) is 0 Å². The van der Waals surface area contributed by atoms with Crippen LogP contribution in [0, 0.1) is 12.8 Å². The van der Waals surface area contributed by atoms with Crippen LogP contribution >= 0.6 is 11.3 Å². The molecule has 0 atom stereocenters. The number of hydrogen-bond acceptors (Lipinski definition) is 3. The van der Waals surface area contributed by atoms with Gasteiger partial charge in [0, 0.05) is 11.2 Å². The minimum atomic E-state index is -0.956. The Labute approximate surface area is 127 Å². The number of carboxylic acids is 1. The standard InChI is InChI=1S/C16H17NO3S/c1-10-12-4-2-3-5-13(12)21-15(10)16(20)17(9-14(18)19)8-11-6-7-11/h2-5,11H,6-9H2,1H3,(H,18,19). The number of hydrogen-bond donors (Lipinski definition) is 1. The molecule has 4 nitrogen and oxygen atoms in total. The van der Waals surface area contributed by atoms with E-state index in [1.54, 1.807) is 0 Å². The van der Waals surface area contributed by atoms with Gasteiger partial charge in [-0.1, -0.05) is 18.2 Å². The minimum absolute atomic E-state index is 0.150. The van der Waals surface area contributed by atoms with Crippen LogP contribution < -0.4 is 0 Å². The lowest BCUT2D eigenvalue weighted by Crippen LogP contribution is -2.37. The first-order valence-electron chi connectivity index (χ1n) is 7.05. The molecule has 0 unspecified atom stereocenters. The van der Waals surface area contributed by atoms with Crippen molar-refractivity contribution >= 4 is 33.3 Å². The van der Waals surface area contributed by atoms with Gasteiger partial charge in [0.05, 0.1) is 4.88 Å². The van der Waals surface area contributed by atoms with Crippen molar-refractivity contribution in [1.82, 2.24) is 4.90 Å². The second kappa shape index (κ2) is 5.48. The van der Waals surface area contributed by atoms with E-state index in [2.05, 4.69) is 0 Å². The average Bonchev–Trinajstić information content (AvgIpc) is 3.20. The number of thiophene rings is 1. The molecule has 1 aliphatic carbocycles. The van der Waals surface area contributed by atoms with Crippen molar-refractivity contribution in [3.05, 3.63) is 34.7 Å². The van der Waals surface area contributed by atoms with E-state index in [4.69, 9.17) is 5.11 Å². The number of carboxylic acid groups (broad SMARTS) is 1. The zero-order chi connectivity index (χ0) is 15.0. The summed E-state index contributed by atoms with van der Waals surface area (Å²) < 4.78 is 1.07. The number of fused-ring (bicyclic) bond motifs is 1. The van der Waals surface area contributed by atoms with Crippen molar-refractivity contribution in [3.63, 3.8) is 0 Å². The van der Waals surface area contributed by atoms with E-state index < -0.39 is 5.97 Å². The molecule has 1 aromatic carbocycles. The molecule has 0 spiro atoms. The van der Waals surface area contributed by atoms with Crippen LogP contribution in [0.1, 0.15) is 28.1 Å². The van der Waals surface area contributed by atoms with Gasteiger partial charge in [0.1, 0.15) is 6.54 Å². The van der Waals surface area contributed by atoms with Crippen LogP contribution in [0.5, 0.6) is 0 Å². The zero-order valence-electron chi connectivity index (χ0n) is 11.8. The Kier molecular flexibility index (Phi) is 3.68. The van der Waals surface area contributed by atoms with E-state index in [1.807, 2.05) is 31.2 Å². The van der Waals surface area contributed by atoms with Gasteiger partial charge in [-0.25, -0.2) is 0 Å². The van der Waals surface area contributed by atoms with E-state index in [9.17, 15) is 9.59 Å². The molecule has 1 amide bonds. The highest BCUT2D eigenvalue weighted by Gasteiger charge is 2.30. The summed E-state index contributed by atoms with van der Waals surface area (Å²) in [5.74, 6) is -0.631. The maximum Gasteiger partial charge on any atom is 0.323 e. The summed E-state index contributed by atoms with van der Waals surface area (Å²) in [6.07, 6.45) is 2.18. The highest BCUT2D eigenvalue weighted by atomic mass is 32.1. The SMILES string of the molecule is Cc1c(C(=O)N(CC(=O)O)CC2CC2)sc2ccccc12. The molecular weight excluding hydrogens is 286 g/mol. The Balaban J connectivity index is 1.92. The lowest BCUT2D eigenvalue weighted by molar-refractivity contribution is -0.137. The van der Waals surface area contributed by atoms with Gasteiger partial charge in [-0.3, -0.25) is 9.59 Å². The van der Waals surface area contributed by atoms with Gasteiger partial charge in [0.25, 0.3) is 5.91 Å². The predicted molar refractivity (Wildman–Crippen MR) is 82.8 cm³/mol. The molecule has 5 heteroatoms. The zero-order valence-corrected chi connectivity index (χ0v) is 12.7. The molecule has 0 bridgehead atoms. The van der Waals surface area contributed by atoms with Crippen LogP contribution in [0.25, 0.3) is 10.1 Å². The van der Waals surface area contributed by atoms with Gasteiger partial charge in [0.2, 0.25) is 0 Å². The fraction of sp³-hybridized carbons (Fsp3) is 0.375. The molecule has 2 aromatic rings. The quantitative estimate of drug-likeness (QED) is 0.923. The molecule has 0 saturated heterocycles. The van der Waals surface area contributed by atoms with Crippen LogP contribution in [-0.2, 0) is 4.79 Å². The molecular formula is C16H17NO3S. The van der Waals surface area contributed by atoms with Crippen LogP contribution in [0.3, 0.4) is 0 Å². The molecule has 1 aliphatic rings. The first-order chi connectivity index (χ1) is 10.1. The summed E-state index contributed by atoms with van der Waals surface area (Å²) in [7, 11) is 0. The summed E-state index contributed by atoms with van der Waals surface area (Å²) in [4.78, 5) is 25.9. The molecule has 1 aromatic heterocycles. The van der Waals surface area contributed by atoms with Crippen molar-refractivity contribution in [3.8, 4) is 0 Å². The fourth-order valence-corrected chi connectivity index (χ4v) is 3.69. The van der Waals surface area contributed by atoms with E-state index in [-0.39, 0.29) is 12.5 Å². The van der Waals surface area contributed by atoms with E-state index in [1.165, 1.54) is 16.2 Å². The van der Waals surface area contributed by atoms with E-state index >= 15 is 0 Å². The molecule has 3 rings (SSSR count). The smallest absolute Gasteiger partial charge is 0.323 e. The molecule has 1 N–H and O–H groups in total. The second-order valence-corrected chi connectivity index (χ2v) is 6.63. The summed E-state index contributed by atoms with van der Waals surface area (Å²) in [5.41, 5.74) is 0.951. The predicted octanol–water partition coefficient (Wildman–Crippen LogP) is 3.15. The van der Waals surface area contributed by atoms with Gasteiger partial charge in [0.15, 0.2) is 0 Å². The Morgan fingerprint density at radius 1 is 1.33 bits per heavy atom. The van der Waals surface area contributed by atoms with Gasteiger partial charge in [-0.15, -0.1) is 11.3 Å². The number of aliphatic carboxylic acids is 1. The summed E-state index contributed by atoms with van der Waals surface area (Å²) in [6, 6.07) is 7.90. The third kappa shape index (κ3) is 2.93. The number of nitrogens with zero attached hydrogens (tertiary/aromatic N) is 1. The fourth-order valence-electron chi connectivity index (χ4n) is 2.52. The number of benzene rings is 1. The second-order valence-electron chi connectivity index (χ2n) is 5.58. The number of amides is 1. The highest BCUT2D eigenvalue weighted by Crippen LogP contribution is 2.33. The summed E-state index contributed by atoms with van der Waals surface area (Å²) in [6.45, 7) is 2.27. The Hall–Kier alpha value is -1.88. The topological polar surface area (TPSA) is 57.6 Å². The van der Waals surface area contributed by atoms with E-state index in [0.29, 0.717) is 17.3 Å². The monoisotopic (exact) mass is 303 g/mol. The van der Waals surface area contributed by atoms with Crippen molar-refractivity contribution < 1.29 is 14.7 Å². The Morgan fingerprint density at radius 2 is 2.05 bits per heavy atom. The van der Waals surface area contributed by atoms with Gasteiger partial charge < -0.3 is 10.0 Å². The minimum Gasteiger partial charge on any atom is -0.480 e. The van der Waals surface area contributed by atoms with Crippen molar-refractivity contribution in [1.29, 1.82) is 0 Å². The molecule has 1 saturated carbocycles. The van der Waals surface area contributed by atoms with Crippen molar-refractivity contribution in [2.24, 2.45) is 5.92 Å². The molecule has 0 radical (unpaired) electrons. The van der Waals surface area contributed by atoms with Crippen LogP contribution in [0.2, 0.25) is 0 Å². The lowest BCUT2D eigenvalue weighted by atomic mass is 10.1. The summed E-state index contributed by atoms with van der Waals surface area (Å²) >= 11 is 1.45. The molecule has 110 valence electrons. The van der Waals surface area contributed by atoms with Crippen LogP contribution in [-0.4, -0.2) is 35.0 Å². The van der Waals surface area contributed by atoms with Gasteiger partial charge >= 0.3 is 5.97 Å². The van der Waals surface area contributed by atoms with E-state index in [0.717, 1.165) is 28.5 Å². The third-order valence-corrected chi connectivity index (χ3v) is 5.09. The molecule has 1 fully saturated rings. The average molecular weight is 303 g/mol. The molecule has 21 heavy (non-hydrogen) atoms.